The Labute approximate surface area is 195 Å². The van der Waals surface area contributed by atoms with E-state index in [0.29, 0.717) is 6.54 Å². The van der Waals surface area contributed by atoms with Crippen molar-refractivity contribution < 1.29 is 4.74 Å². The highest BCUT2D eigenvalue weighted by Gasteiger charge is 2.33. The Morgan fingerprint density at radius 3 is 2.70 bits per heavy atom. The summed E-state index contributed by atoms with van der Waals surface area (Å²) in [7, 11) is 2.04. The smallest absolute Gasteiger partial charge is 0.192 e. The molecule has 1 aromatic heterocycles. The fraction of sp³-hybridized carbons (Fsp3) is 0.391. The molecule has 6 nitrogen and oxygen atoms in total. The number of aryl methyl sites for hydroxylation is 1. The minimum atomic E-state index is -0.235. The van der Waals surface area contributed by atoms with Crippen molar-refractivity contribution >= 4 is 41.0 Å². The number of fused-ring (bicyclic) bond motifs is 2. The Kier molecular flexibility index (Phi) is 6.90. The lowest BCUT2D eigenvalue weighted by Crippen LogP contribution is -2.45. The molecule has 0 amide bonds. The van der Waals surface area contributed by atoms with E-state index in [2.05, 4.69) is 54.2 Å². The summed E-state index contributed by atoms with van der Waals surface area (Å²) >= 11 is 0. The van der Waals surface area contributed by atoms with Gasteiger partial charge in [-0.15, -0.1) is 24.0 Å². The summed E-state index contributed by atoms with van der Waals surface area (Å²) in [4.78, 5) is 9.56. The van der Waals surface area contributed by atoms with Crippen LogP contribution in [0.4, 0.5) is 0 Å². The van der Waals surface area contributed by atoms with E-state index in [4.69, 9.17) is 14.7 Å². The summed E-state index contributed by atoms with van der Waals surface area (Å²) in [6.45, 7) is 7.63. The molecule has 7 heteroatoms. The fourth-order valence-corrected chi connectivity index (χ4v) is 3.90. The largest absolute Gasteiger partial charge is 0.487 e. The zero-order valence-corrected chi connectivity index (χ0v) is 20.3. The van der Waals surface area contributed by atoms with Gasteiger partial charge in [0.05, 0.1) is 17.1 Å². The third-order valence-corrected chi connectivity index (χ3v) is 5.29. The summed E-state index contributed by atoms with van der Waals surface area (Å²) in [5.41, 5.74) is 3.05. The molecule has 1 atom stereocenters. The van der Waals surface area contributed by atoms with Gasteiger partial charge >= 0.3 is 0 Å². The van der Waals surface area contributed by atoms with E-state index in [9.17, 15) is 0 Å². The van der Waals surface area contributed by atoms with Gasteiger partial charge in [-0.25, -0.2) is 9.98 Å². The number of aromatic nitrogens is 2. The van der Waals surface area contributed by atoms with Crippen LogP contribution in [0.3, 0.4) is 0 Å². The highest BCUT2D eigenvalue weighted by molar-refractivity contribution is 14.0. The van der Waals surface area contributed by atoms with Gasteiger partial charge in [0, 0.05) is 25.6 Å². The Morgan fingerprint density at radius 1 is 1.20 bits per heavy atom. The number of rotatable bonds is 4. The molecule has 2 heterocycles. The fourth-order valence-electron chi connectivity index (χ4n) is 3.90. The number of halogens is 1. The van der Waals surface area contributed by atoms with Gasteiger partial charge < -0.3 is 19.9 Å². The van der Waals surface area contributed by atoms with Crippen LogP contribution in [0.1, 0.15) is 44.6 Å². The first-order valence-electron chi connectivity index (χ1n) is 10.2. The minimum absolute atomic E-state index is 0. The molecule has 0 saturated heterocycles. The van der Waals surface area contributed by atoms with Crippen molar-refractivity contribution in [2.45, 2.75) is 45.4 Å². The molecule has 2 N–H and O–H groups in total. The van der Waals surface area contributed by atoms with E-state index < -0.39 is 0 Å². The number of guanidine groups is 1. The lowest BCUT2D eigenvalue weighted by molar-refractivity contribution is 0.0694. The van der Waals surface area contributed by atoms with Crippen LogP contribution in [0.5, 0.6) is 5.75 Å². The maximum absolute atomic E-state index is 6.16. The van der Waals surface area contributed by atoms with Crippen molar-refractivity contribution in [1.29, 1.82) is 0 Å². The number of benzene rings is 2. The van der Waals surface area contributed by atoms with E-state index in [1.807, 2.05) is 37.4 Å². The van der Waals surface area contributed by atoms with Crippen molar-refractivity contribution in [2.24, 2.45) is 12.0 Å². The first-order valence-corrected chi connectivity index (χ1v) is 10.2. The Morgan fingerprint density at radius 2 is 1.93 bits per heavy atom. The molecule has 0 radical (unpaired) electrons. The highest BCUT2D eigenvalue weighted by Crippen LogP contribution is 2.39. The number of nitrogens with zero attached hydrogens (tertiary/aromatic N) is 3. The second-order valence-electron chi connectivity index (χ2n) is 8.07. The molecule has 3 aromatic rings. The monoisotopic (exact) mass is 519 g/mol. The van der Waals surface area contributed by atoms with Gasteiger partial charge in [0.15, 0.2) is 5.96 Å². The molecule has 0 fully saturated rings. The highest BCUT2D eigenvalue weighted by atomic mass is 127. The van der Waals surface area contributed by atoms with Crippen LogP contribution in [0.2, 0.25) is 0 Å². The molecule has 1 unspecified atom stereocenters. The lowest BCUT2D eigenvalue weighted by atomic mass is 9.90. The number of imidazole rings is 1. The van der Waals surface area contributed by atoms with Crippen LogP contribution in [-0.4, -0.2) is 27.7 Å². The van der Waals surface area contributed by atoms with Crippen LogP contribution in [0.15, 0.2) is 53.5 Å². The summed E-state index contributed by atoms with van der Waals surface area (Å²) in [5.74, 6) is 2.67. The van der Waals surface area contributed by atoms with Gasteiger partial charge in [0.2, 0.25) is 0 Å². The van der Waals surface area contributed by atoms with E-state index in [1.165, 1.54) is 5.56 Å². The Hall–Kier alpha value is -2.29. The zero-order valence-electron chi connectivity index (χ0n) is 18.0. The molecule has 1 aliphatic heterocycles. The molecule has 30 heavy (non-hydrogen) atoms. The van der Waals surface area contributed by atoms with Gasteiger partial charge in [-0.3, -0.25) is 0 Å². The number of para-hydroxylation sites is 3. The second-order valence-corrected chi connectivity index (χ2v) is 8.07. The normalized spacial score (nSPS) is 17.6. The van der Waals surface area contributed by atoms with Gasteiger partial charge in [-0.1, -0.05) is 30.3 Å². The molecule has 160 valence electrons. The molecular formula is C23H30IN5O. The third kappa shape index (κ3) is 4.71. The van der Waals surface area contributed by atoms with Crippen molar-refractivity contribution in [3.05, 3.63) is 59.9 Å². The summed E-state index contributed by atoms with van der Waals surface area (Å²) in [6, 6.07) is 16.5. The quantitative estimate of drug-likeness (QED) is 0.302. The Balaban J connectivity index is 0.00000256. The van der Waals surface area contributed by atoms with Crippen LogP contribution in [0.25, 0.3) is 11.0 Å². The molecule has 0 bridgehead atoms. The van der Waals surface area contributed by atoms with Crippen LogP contribution in [-0.2, 0) is 13.6 Å². The summed E-state index contributed by atoms with van der Waals surface area (Å²) in [6.07, 6.45) is 0.862. The van der Waals surface area contributed by atoms with Gasteiger partial charge in [0.25, 0.3) is 0 Å². The number of nitrogens with one attached hydrogen (secondary N) is 2. The lowest BCUT2D eigenvalue weighted by Gasteiger charge is -2.38. The van der Waals surface area contributed by atoms with Crippen molar-refractivity contribution in [1.82, 2.24) is 20.2 Å². The molecule has 0 saturated carbocycles. The molecular weight excluding hydrogens is 489 g/mol. The van der Waals surface area contributed by atoms with Gasteiger partial charge in [-0.2, -0.15) is 0 Å². The van der Waals surface area contributed by atoms with Crippen LogP contribution >= 0.6 is 24.0 Å². The molecule has 4 rings (SSSR count). The topological polar surface area (TPSA) is 63.5 Å². The maximum Gasteiger partial charge on any atom is 0.192 e. The average molecular weight is 519 g/mol. The molecule has 0 spiro atoms. The number of ether oxygens (including phenoxy) is 1. The average Bonchev–Trinajstić information content (AvgIpc) is 3.01. The van der Waals surface area contributed by atoms with E-state index in [-0.39, 0.29) is 35.6 Å². The standard InChI is InChI=1S/C23H29N5O.HI/c1-5-24-22(25-15-21-26-17-11-7-8-12-19(17)28(21)4)27-18-14-23(2,3)29-20-13-9-6-10-16(18)20;/h6-13,18H,5,14-15H2,1-4H3,(H2,24,25,27);1H. The van der Waals surface area contributed by atoms with Gasteiger partial charge in [-0.05, 0) is 39.0 Å². The molecule has 2 aromatic carbocycles. The molecule has 1 aliphatic rings. The number of hydrogen-bond acceptors (Lipinski definition) is 3. The minimum Gasteiger partial charge on any atom is -0.487 e. The van der Waals surface area contributed by atoms with E-state index in [0.717, 1.165) is 41.5 Å². The van der Waals surface area contributed by atoms with Crippen molar-refractivity contribution in [3.63, 3.8) is 0 Å². The SMILES string of the molecule is CCNC(=NCc1nc2ccccc2n1C)NC1CC(C)(C)Oc2ccccc21.I. The van der Waals surface area contributed by atoms with Crippen LogP contribution in [0, 0.1) is 0 Å². The van der Waals surface area contributed by atoms with Crippen molar-refractivity contribution in [2.75, 3.05) is 6.54 Å². The summed E-state index contributed by atoms with van der Waals surface area (Å²) in [5, 5.41) is 6.99. The summed E-state index contributed by atoms with van der Waals surface area (Å²) < 4.78 is 8.26. The predicted octanol–water partition coefficient (Wildman–Crippen LogP) is 4.55. The van der Waals surface area contributed by atoms with E-state index >= 15 is 0 Å². The van der Waals surface area contributed by atoms with E-state index in [1.54, 1.807) is 0 Å². The zero-order chi connectivity index (χ0) is 20.4. The van der Waals surface area contributed by atoms with Crippen molar-refractivity contribution in [3.8, 4) is 5.75 Å². The number of aliphatic imine (C=N–C) groups is 1. The van der Waals surface area contributed by atoms with Crippen LogP contribution < -0.4 is 15.4 Å². The molecule has 0 aliphatic carbocycles. The predicted molar refractivity (Wildman–Crippen MR) is 133 cm³/mol. The first kappa shape index (κ1) is 22.4. The maximum atomic E-state index is 6.16. The van der Waals surface area contributed by atoms with Gasteiger partial charge in [0.1, 0.15) is 23.7 Å². The Bertz CT molecular complexity index is 1040. The first-order chi connectivity index (χ1) is 14.0. The third-order valence-electron chi connectivity index (χ3n) is 5.29. The number of hydrogen-bond donors (Lipinski definition) is 2. The second kappa shape index (κ2) is 9.24.